The summed E-state index contributed by atoms with van der Waals surface area (Å²) in [6, 6.07) is 86.3. The zero-order chi connectivity index (χ0) is 54.5. The first-order valence-corrected chi connectivity index (χ1v) is 31.8. The SMILES string of the molecule is c1ccc2c(c1)Cc1ccc(N(c3ccc(-c4ccc(N(c5ccc6c(c5)C5(CCCC5)c5ccccc5-6)c5ccc6c(c5)C5(CCCC5)c5ccccc5-6)cc4)cc3)c3ccc4c(c3)C3(CCCC3)c3ccccc3-4)cc1C21CCCC1. The van der Waals surface area contributed by atoms with E-state index in [0.29, 0.717) is 0 Å². The van der Waals surface area contributed by atoms with E-state index in [2.05, 4.69) is 228 Å². The normalized spacial score (nSPS) is 18.7. The third kappa shape index (κ3) is 6.84. The highest BCUT2D eigenvalue weighted by Gasteiger charge is 2.49. The molecule has 2 nitrogen and oxygen atoms in total. The second-order valence-electron chi connectivity index (χ2n) is 26.4. The van der Waals surface area contributed by atoms with E-state index < -0.39 is 0 Å². The Bertz CT molecular complexity index is 4150. The highest BCUT2D eigenvalue weighted by atomic mass is 15.1. The Balaban J connectivity index is 0.744. The number of fused-ring (bicyclic) bond motifs is 19. The van der Waals surface area contributed by atoms with E-state index in [-0.39, 0.29) is 21.7 Å². The molecule has 0 bridgehead atoms. The maximum absolute atomic E-state index is 2.61. The van der Waals surface area contributed by atoms with Crippen LogP contribution in [0.25, 0.3) is 44.5 Å². The molecule has 4 saturated carbocycles. The quantitative estimate of drug-likeness (QED) is 0.157. The molecule has 10 aromatic carbocycles. The van der Waals surface area contributed by atoms with Crippen LogP contribution in [0.15, 0.2) is 218 Å². The molecule has 4 fully saturated rings. The van der Waals surface area contributed by atoms with Gasteiger partial charge in [0, 0.05) is 55.8 Å². The van der Waals surface area contributed by atoms with Gasteiger partial charge in [-0.2, -0.15) is 0 Å². The lowest BCUT2D eigenvalue weighted by molar-refractivity contribution is 0.515. The van der Waals surface area contributed by atoms with E-state index in [4.69, 9.17) is 0 Å². The van der Waals surface area contributed by atoms with Crippen LogP contribution in [0.3, 0.4) is 0 Å². The zero-order valence-electron chi connectivity index (χ0n) is 47.7. The van der Waals surface area contributed by atoms with Crippen LogP contribution in [-0.2, 0) is 28.1 Å². The van der Waals surface area contributed by atoms with Gasteiger partial charge in [-0.1, -0.05) is 197 Å². The molecule has 0 heterocycles. The van der Waals surface area contributed by atoms with E-state index in [1.54, 1.807) is 11.1 Å². The van der Waals surface area contributed by atoms with Crippen LogP contribution in [0.4, 0.5) is 34.1 Å². The van der Waals surface area contributed by atoms with Crippen molar-refractivity contribution in [1.29, 1.82) is 0 Å². The van der Waals surface area contributed by atoms with Crippen molar-refractivity contribution >= 4 is 34.1 Å². The molecule has 8 aliphatic carbocycles. The molecular formula is C81H70N2. The molecule has 0 radical (unpaired) electrons. The summed E-state index contributed by atoms with van der Waals surface area (Å²) < 4.78 is 0. The van der Waals surface area contributed by atoms with Gasteiger partial charge in [0.05, 0.1) is 0 Å². The minimum atomic E-state index is 0.0694. The molecule has 2 heteroatoms. The average molecular weight is 1070 g/mol. The number of benzene rings is 10. The van der Waals surface area contributed by atoms with Crippen molar-refractivity contribution in [3.8, 4) is 44.5 Å². The van der Waals surface area contributed by atoms with E-state index in [1.807, 2.05) is 0 Å². The van der Waals surface area contributed by atoms with Crippen LogP contribution in [0, 0.1) is 0 Å². The Hall–Kier alpha value is -8.20. The summed E-state index contributed by atoms with van der Waals surface area (Å²) in [7, 11) is 0. The Kier molecular flexibility index (Phi) is 10.6. The molecule has 0 saturated heterocycles. The van der Waals surface area contributed by atoms with Crippen LogP contribution in [0.2, 0.25) is 0 Å². The van der Waals surface area contributed by atoms with E-state index in [0.717, 1.165) is 6.42 Å². The van der Waals surface area contributed by atoms with E-state index in [1.165, 1.54) is 226 Å². The molecule has 83 heavy (non-hydrogen) atoms. The second-order valence-corrected chi connectivity index (χ2v) is 26.4. The predicted molar refractivity (Wildman–Crippen MR) is 344 cm³/mol. The molecule has 18 rings (SSSR count). The molecule has 404 valence electrons. The second kappa shape index (κ2) is 18.1. The maximum atomic E-state index is 2.61. The number of hydrogen-bond donors (Lipinski definition) is 0. The number of rotatable bonds is 7. The molecule has 0 aromatic heterocycles. The van der Waals surface area contributed by atoms with Crippen molar-refractivity contribution < 1.29 is 0 Å². The summed E-state index contributed by atoms with van der Waals surface area (Å²) in [5.74, 6) is 0. The molecular weight excluding hydrogens is 1000 g/mol. The van der Waals surface area contributed by atoms with Crippen molar-refractivity contribution in [3.63, 3.8) is 0 Å². The Morgan fingerprint density at radius 2 is 0.494 bits per heavy atom. The van der Waals surface area contributed by atoms with Crippen molar-refractivity contribution in [2.45, 2.75) is 131 Å². The fourth-order valence-corrected chi connectivity index (χ4v) is 19.1. The van der Waals surface area contributed by atoms with Crippen LogP contribution < -0.4 is 9.80 Å². The highest BCUT2D eigenvalue weighted by molar-refractivity contribution is 5.91. The van der Waals surface area contributed by atoms with Gasteiger partial charge in [0.2, 0.25) is 0 Å². The van der Waals surface area contributed by atoms with Crippen LogP contribution >= 0.6 is 0 Å². The molecule has 0 atom stereocenters. The molecule has 4 spiro atoms. The van der Waals surface area contributed by atoms with Crippen molar-refractivity contribution in [1.82, 2.24) is 0 Å². The van der Waals surface area contributed by atoms with Gasteiger partial charge < -0.3 is 9.80 Å². The van der Waals surface area contributed by atoms with Gasteiger partial charge in [0.15, 0.2) is 0 Å². The lowest BCUT2D eigenvalue weighted by atomic mass is 9.65. The van der Waals surface area contributed by atoms with Gasteiger partial charge in [-0.15, -0.1) is 0 Å². The average Bonchev–Trinajstić information content (AvgIpc) is 4.39. The smallest absolute Gasteiger partial charge is 0.0465 e. The summed E-state index contributed by atoms with van der Waals surface area (Å²) in [6.45, 7) is 0. The predicted octanol–water partition coefficient (Wildman–Crippen LogP) is 21.6. The van der Waals surface area contributed by atoms with Gasteiger partial charge in [-0.05, 0) is 231 Å². The largest absolute Gasteiger partial charge is 0.310 e. The maximum Gasteiger partial charge on any atom is 0.0465 e. The Morgan fingerprint density at radius 3 is 0.880 bits per heavy atom. The number of nitrogens with zero attached hydrogens (tertiary/aromatic N) is 2. The summed E-state index contributed by atoms with van der Waals surface area (Å²) in [6.07, 6.45) is 21.0. The first-order valence-electron chi connectivity index (χ1n) is 31.8. The van der Waals surface area contributed by atoms with Crippen LogP contribution in [-0.4, -0.2) is 0 Å². The van der Waals surface area contributed by atoms with Gasteiger partial charge in [-0.25, -0.2) is 0 Å². The fourth-order valence-electron chi connectivity index (χ4n) is 19.1. The van der Waals surface area contributed by atoms with E-state index >= 15 is 0 Å². The van der Waals surface area contributed by atoms with Gasteiger partial charge in [0.1, 0.15) is 0 Å². The summed E-state index contributed by atoms with van der Waals surface area (Å²) in [4.78, 5) is 5.18. The third-order valence-electron chi connectivity index (χ3n) is 22.7. The minimum Gasteiger partial charge on any atom is -0.310 e. The fraction of sp³-hybridized carbons (Fsp3) is 0.259. The van der Waals surface area contributed by atoms with Gasteiger partial charge >= 0.3 is 0 Å². The number of hydrogen-bond acceptors (Lipinski definition) is 2. The van der Waals surface area contributed by atoms with Crippen LogP contribution in [0.1, 0.15) is 158 Å². The molecule has 0 amide bonds. The number of anilines is 6. The minimum absolute atomic E-state index is 0.0694. The summed E-state index contributed by atoms with van der Waals surface area (Å²) in [5, 5.41) is 0. The van der Waals surface area contributed by atoms with Crippen molar-refractivity contribution in [3.05, 3.63) is 274 Å². The van der Waals surface area contributed by atoms with Crippen molar-refractivity contribution in [2.24, 2.45) is 0 Å². The zero-order valence-corrected chi connectivity index (χ0v) is 47.7. The Labute approximate surface area is 490 Å². The van der Waals surface area contributed by atoms with Gasteiger partial charge in [0.25, 0.3) is 0 Å². The first kappa shape index (κ1) is 48.3. The highest BCUT2D eigenvalue weighted by Crippen LogP contribution is 2.62. The van der Waals surface area contributed by atoms with E-state index in [9.17, 15) is 0 Å². The molecule has 0 aliphatic heterocycles. The molecule has 10 aromatic rings. The Morgan fingerprint density at radius 1 is 0.217 bits per heavy atom. The lowest BCUT2D eigenvalue weighted by Gasteiger charge is -2.39. The molecule has 8 aliphatic rings. The standard InChI is InChI=1S/C81H70N2/c1-5-21-70-56(17-1)49-57-29-34-60(50-74(57)78(70)41-9-10-42-78)82(61-35-38-67-64-18-2-6-22-71(64)79(75(67)51-61)43-11-12-44-79)58-30-25-54(26-31-58)55-27-32-59(33-28-55)83(62-36-39-68-65-19-3-7-23-72(65)80(76(68)52-62)45-13-14-46-80)63-37-40-69-66-20-4-8-24-73(66)81(77(69)53-63)47-15-16-48-81/h1-8,17-40,50-53H,9-16,41-49H2. The monoisotopic (exact) mass is 1070 g/mol. The molecule has 0 N–H and O–H groups in total. The van der Waals surface area contributed by atoms with Gasteiger partial charge in [-0.3, -0.25) is 0 Å². The van der Waals surface area contributed by atoms with Crippen molar-refractivity contribution in [2.75, 3.05) is 9.80 Å². The summed E-state index contributed by atoms with van der Waals surface area (Å²) in [5.41, 5.74) is 34.0. The lowest BCUT2D eigenvalue weighted by Crippen LogP contribution is -2.31. The molecule has 0 unspecified atom stereocenters. The third-order valence-corrected chi connectivity index (χ3v) is 22.7. The summed E-state index contributed by atoms with van der Waals surface area (Å²) >= 11 is 0. The topological polar surface area (TPSA) is 6.48 Å². The first-order chi connectivity index (χ1) is 41.0. The van der Waals surface area contributed by atoms with Crippen LogP contribution in [0.5, 0.6) is 0 Å².